The third kappa shape index (κ3) is 5.73. The first-order chi connectivity index (χ1) is 17.5. The second-order valence-electron chi connectivity index (χ2n) is 8.42. The van der Waals surface area contributed by atoms with Crippen molar-refractivity contribution in [2.45, 2.75) is 25.4 Å². The number of hydrogen-bond acceptors (Lipinski definition) is 5. The van der Waals surface area contributed by atoms with Gasteiger partial charge in [0, 0.05) is 38.4 Å². The molecular weight excluding hydrogens is 463 g/mol. The van der Waals surface area contributed by atoms with E-state index in [1.165, 1.54) is 12.1 Å². The Balaban J connectivity index is 1.47. The number of rotatable bonds is 8. The maximum absolute atomic E-state index is 13.7. The van der Waals surface area contributed by atoms with Gasteiger partial charge in [-0.05, 0) is 59.0 Å². The van der Waals surface area contributed by atoms with Gasteiger partial charge in [0.15, 0.2) is 11.5 Å². The van der Waals surface area contributed by atoms with E-state index in [4.69, 9.17) is 9.47 Å². The average molecular weight is 493 g/mol. The number of carbonyl (C=O) groups excluding carboxylic acids is 2. The lowest BCUT2D eigenvalue weighted by Gasteiger charge is -2.38. The molecule has 0 radical (unpaired) electrons. The molecule has 0 spiro atoms. The van der Waals surface area contributed by atoms with E-state index in [0.29, 0.717) is 31.0 Å². The molecule has 2 aromatic carbocycles. The first-order valence-corrected chi connectivity index (χ1v) is 11.7. The van der Waals surface area contributed by atoms with E-state index in [2.05, 4.69) is 15.6 Å². The fraction of sp³-hybridized carbons (Fsp3) is 0.296. The summed E-state index contributed by atoms with van der Waals surface area (Å²) in [6, 6.07) is 12.8. The normalized spacial score (nSPS) is 14.5. The molecular formula is C27H29FN4O4. The lowest BCUT2D eigenvalue weighted by Crippen LogP contribution is -2.46. The number of nitrogens with zero attached hydrogens (tertiary/aromatic N) is 2. The minimum Gasteiger partial charge on any atom is -0.493 e. The number of amides is 3. The number of halogens is 1. The van der Waals surface area contributed by atoms with Crippen LogP contribution in [0.25, 0.3) is 0 Å². The van der Waals surface area contributed by atoms with Gasteiger partial charge in [0.25, 0.3) is 0 Å². The summed E-state index contributed by atoms with van der Waals surface area (Å²) in [6.45, 7) is 1.01. The average Bonchev–Trinajstić information content (AvgIpc) is 2.91. The Morgan fingerprint density at radius 3 is 2.53 bits per heavy atom. The van der Waals surface area contributed by atoms with Crippen molar-refractivity contribution in [3.8, 4) is 11.5 Å². The number of hydrogen-bond donors (Lipinski definition) is 2. The van der Waals surface area contributed by atoms with Crippen LogP contribution in [0.5, 0.6) is 11.5 Å². The number of benzene rings is 2. The molecule has 0 saturated heterocycles. The number of urea groups is 1. The molecule has 188 valence electrons. The SMILES string of the molecule is COc1cc2c(cc1OC)[C@@H](c1ccc(F)cc1)N(C(=O)NCCC(=O)NCc1cccnc1)CC2. The Morgan fingerprint density at radius 2 is 1.83 bits per heavy atom. The van der Waals surface area contributed by atoms with Crippen molar-refractivity contribution in [2.24, 2.45) is 0 Å². The lowest BCUT2D eigenvalue weighted by molar-refractivity contribution is -0.121. The highest BCUT2D eigenvalue weighted by atomic mass is 19.1. The molecule has 0 unspecified atom stereocenters. The van der Waals surface area contributed by atoms with Crippen molar-refractivity contribution in [1.82, 2.24) is 20.5 Å². The van der Waals surface area contributed by atoms with Crippen LogP contribution in [-0.4, -0.2) is 49.1 Å². The topological polar surface area (TPSA) is 92.8 Å². The largest absolute Gasteiger partial charge is 0.493 e. The van der Waals surface area contributed by atoms with Crippen LogP contribution in [0.4, 0.5) is 9.18 Å². The molecule has 1 aromatic heterocycles. The molecule has 8 nitrogen and oxygen atoms in total. The Labute approximate surface area is 209 Å². The van der Waals surface area contributed by atoms with Crippen LogP contribution >= 0.6 is 0 Å². The maximum Gasteiger partial charge on any atom is 0.318 e. The van der Waals surface area contributed by atoms with Gasteiger partial charge in [-0.1, -0.05) is 18.2 Å². The highest BCUT2D eigenvalue weighted by molar-refractivity contribution is 5.79. The van der Waals surface area contributed by atoms with Crippen molar-refractivity contribution in [1.29, 1.82) is 0 Å². The third-order valence-electron chi connectivity index (χ3n) is 6.16. The number of methoxy groups -OCH3 is 2. The zero-order valence-electron chi connectivity index (χ0n) is 20.3. The zero-order valence-corrected chi connectivity index (χ0v) is 20.3. The summed E-state index contributed by atoms with van der Waals surface area (Å²) in [5, 5.41) is 5.68. The van der Waals surface area contributed by atoms with Crippen LogP contribution in [0.2, 0.25) is 0 Å². The standard InChI is InChI=1S/C27H29FN4O4/c1-35-23-14-20-10-13-32(26(22(20)15-24(23)36-2)19-5-7-21(28)8-6-19)27(34)30-12-9-25(33)31-17-18-4-3-11-29-16-18/h3-8,11,14-16,26H,9-10,12-13,17H2,1-2H3,(H,30,34)(H,31,33)/t26-/m1/s1. The molecule has 0 fully saturated rings. The number of nitrogens with one attached hydrogen (secondary N) is 2. The van der Waals surface area contributed by atoms with Crippen LogP contribution in [0.15, 0.2) is 60.9 Å². The highest BCUT2D eigenvalue weighted by Crippen LogP contribution is 2.41. The first-order valence-electron chi connectivity index (χ1n) is 11.7. The van der Waals surface area contributed by atoms with Gasteiger partial charge in [0.1, 0.15) is 5.82 Å². The Kier molecular flexibility index (Phi) is 7.99. The number of aromatic nitrogens is 1. The Bertz CT molecular complexity index is 1200. The van der Waals surface area contributed by atoms with Crippen molar-refractivity contribution < 1.29 is 23.5 Å². The summed E-state index contributed by atoms with van der Waals surface area (Å²) >= 11 is 0. The van der Waals surface area contributed by atoms with E-state index in [-0.39, 0.29) is 30.7 Å². The van der Waals surface area contributed by atoms with Gasteiger partial charge in [-0.2, -0.15) is 0 Å². The second-order valence-corrected chi connectivity index (χ2v) is 8.42. The first kappa shape index (κ1) is 25.0. The summed E-state index contributed by atoms with van der Waals surface area (Å²) in [7, 11) is 3.14. The molecule has 9 heteroatoms. The van der Waals surface area contributed by atoms with Crippen LogP contribution in [0.3, 0.4) is 0 Å². The maximum atomic E-state index is 13.7. The van der Waals surface area contributed by atoms with Crippen molar-refractivity contribution >= 4 is 11.9 Å². The molecule has 3 amide bonds. The molecule has 1 atom stereocenters. The summed E-state index contributed by atoms with van der Waals surface area (Å²) in [6.07, 6.45) is 4.12. The predicted octanol–water partition coefficient (Wildman–Crippen LogP) is 3.60. The number of pyridine rings is 1. The van der Waals surface area contributed by atoms with Crippen molar-refractivity contribution in [2.75, 3.05) is 27.3 Å². The predicted molar refractivity (Wildman–Crippen MR) is 132 cm³/mol. The minimum absolute atomic E-state index is 0.142. The molecule has 36 heavy (non-hydrogen) atoms. The molecule has 2 N–H and O–H groups in total. The summed E-state index contributed by atoms with van der Waals surface area (Å²) in [5.41, 5.74) is 3.58. The van der Waals surface area contributed by atoms with Crippen LogP contribution in [-0.2, 0) is 17.8 Å². The van der Waals surface area contributed by atoms with E-state index >= 15 is 0 Å². The van der Waals surface area contributed by atoms with Crippen molar-refractivity contribution in [3.63, 3.8) is 0 Å². The second kappa shape index (κ2) is 11.5. The van der Waals surface area contributed by atoms with E-state index in [9.17, 15) is 14.0 Å². The molecule has 1 aliphatic heterocycles. The molecule has 2 heterocycles. The fourth-order valence-corrected chi connectivity index (χ4v) is 4.35. The van der Waals surface area contributed by atoms with Gasteiger partial charge in [-0.3, -0.25) is 9.78 Å². The Morgan fingerprint density at radius 1 is 1.08 bits per heavy atom. The Hall–Kier alpha value is -4.14. The quantitative estimate of drug-likeness (QED) is 0.501. The minimum atomic E-state index is -0.450. The van der Waals surface area contributed by atoms with Gasteiger partial charge in [0.2, 0.25) is 5.91 Å². The summed E-state index contributed by atoms with van der Waals surface area (Å²) in [5.74, 6) is 0.644. The zero-order chi connectivity index (χ0) is 25.5. The van der Waals surface area contributed by atoms with Crippen molar-refractivity contribution in [3.05, 3.63) is 89.0 Å². The third-order valence-corrected chi connectivity index (χ3v) is 6.16. The number of fused-ring (bicyclic) bond motifs is 1. The van der Waals surface area contributed by atoms with E-state index in [1.54, 1.807) is 43.6 Å². The van der Waals surface area contributed by atoms with Gasteiger partial charge in [-0.25, -0.2) is 9.18 Å². The van der Waals surface area contributed by atoms with Crippen LogP contribution < -0.4 is 20.1 Å². The molecule has 1 aliphatic rings. The van der Waals surface area contributed by atoms with Gasteiger partial charge in [0.05, 0.1) is 20.3 Å². The molecule has 3 aromatic rings. The van der Waals surface area contributed by atoms with E-state index in [1.807, 2.05) is 24.3 Å². The molecule has 0 bridgehead atoms. The summed E-state index contributed by atoms with van der Waals surface area (Å²) < 4.78 is 24.6. The van der Waals surface area contributed by atoms with Gasteiger partial charge in [-0.15, -0.1) is 0 Å². The molecule has 0 aliphatic carbocycles. The van der Waals surface area contributed by atoms with Gasteiger partial charge < -0.3 is 25.0 Å². The lowest BCUT2D eigenvalue weighted by atomic mass is 9.88. The molecule has 4 rings (SSSR count). The fourth-order valence-electron chi connectivity index (χ4n) is 4.35. The van der Waals surface area contributed by atoms with E-state index in [0.717, 1.165) is 22.3 Å². The van der Waals surface area contributed by atoms with Gasteiger partial charge >= 0.3 is 6.03 Å². The van der Waals surface area contributed by atoms with E-state index < -0.39 is 6.04 Å². The number of ether oxygens (including phenoxy) is 2. The van der Waals surface area contributed by atoms with Crippen LogP contribution in [0, 0.1) is 5.82 Å². The smallest absolute Gasteiger partial charge is 0.318 e. The number of carbonyl (C=O) groups is 2. The van der Waals surface area contributed by atoms with Crippen LogP contribution in [0.1, 0.15) is 34.7 Å². The highest BCUT2D eigenvalue weighted by Gasteiger charge is 2.33. The summed E-state index contributed by atoms with van der Waals surface area (Å²) in [4.78, 5) is 31.2. The molecule has 0 saturated carbocycles. The monoisotopic (exact) mass is 492 g/mol.